The van der Waals surface area contributed by atoms with Gasteiger partial charge in [-0.3, -0.25) is 0 Å². The number of thioether (sulfide) groups is 1. The van der Waals surface area contributed by atoms with Gasteiger partial charge in [0.15, 0.2) is 0 Å². The molecule has 0 aliphatic carbocycles. The molecule has 1 heterocycles. The van der Waals surface area contributed by atoms with E-state index >= 15 is 0 Å². The fraction of sp³-hybridized carbons (Fsp3) is 0.909. The van der Waals surface area contributed by atoms with Crippen LogP contribution in [0.5, 0.6) is 0 Å². The molecule has 88 valence electrons. The Bertz CT molecular complexity index is 181. The lowest BCUT2D eigenvalue weighted by atomic mass is 10.4. The summed E-state index contributed by atoms with van der Waals surface area (Å²) in [6.45, 7) is 6.22. The fourth-order valence-corrected chi connectivity index (χ4v) is 2.70. The van der Waals surface area contributed by atoms with Crippen LogP contribution in [0.1, 0.15) is 32.6 Å². The number of hydrogen-bond donors (Lipinski definition) is 0. The van der Waals surface area contributed by atoms with Crippen molar-refractivity contribution in [2.24, 2.45) is 0 Å². The van der Waals surface area contributed by atoms with Crippen molar-refractivity contribution in [3.05, 3.63) is 0 Å². The number of ether oxygens (including phenoxy) is 1. The molecule has 0 spiro atoms. The van der Waals surface area contributed by atoms with Crippen molar-refractivity contribution in [1.29, 1.82) is 0 Å². The molecule has 0 aromatic carbocycles. The Morgan fingerprint density at radius 1 is 1.33 bits per heavy atom. The van der Waals surface area contributed by atoms with E-state index in [-0.39, 0.29) is 0 Å². The minimum absolute atomic E-state index is 0.832. The third-order valence-electron chi connectivity index (χ3n) is 2.46. The van der Waals surface area contributed by atoms with Crippen LogP contribution >= 0.6 is 24.0 Å². The van der Waals surface area contributed by atoms with Crippen molar-refractivity contribution >= 4 is 28.3 Å². The van der Waals surface area contributed by atoms with Crippen LogP contribution in [0, 0.1) is 0 Å². The highest BCUT2D eigenvalue weighted by Crippen LogP contribution is 2.15. The minimum Gasteiger partial charge on any atom is -0.381 e. The summed E-state index contributed by atoms with van der Waals surface area (Å²) in [5.74, 6) is 0.999. The minimum atomic E-state index is 0.832. The molecule has 0 atom stereocenters. The van der Waals surface area contributed by atoms with E-state index in [9.17, 15) is 0 Å². The number of unbranched alkanes of at least 4 members (excludes halogenated alkanes) is 1. The Hall–Kier alpha value is 0.200. The molecular formula is C11H21NOS2. The average Bonchev–Trinajstić information content (AvgIpc) is 2.76. The second-order valence-corrected chi connectivity index (χ2v) is 5.50. The molecule has 0 saturated carbocycles. The van der Waals surface area contributed by atoms with Gasteiger partial charge in [-0.15, -0.1) is 0 Å². The summed E-state index contributed by atoms with van der Waals surface area (Å²) in [6, 6.07) is 0. The van der Waals surface area contributed by atoms with Gasteiger partial charge >= 0.3 is 0 Å². The molecule has 0 aromatic heterocycles. The Morgan fingerprint density at radius 2 is 2.07 bits per heavy atom. The SMILES string of the molecule is CCCCOCCSC(=S)N1CCCC1. The number of thiocarbonyl (C=S) groups is 1. The zero-order valence-electron chi connectivity index (χ0n) is 9.54. The van der Waals surface area contributed by atoms with E-state index in [1.165, 1.54) is 25.7 Å². The molecular weight excluding hydrogens is 226 g/mol. The quantitative estimate of drug-likeness (QED) is 0.528. The van der Waals surface area contributed by atoms with Gasteiger partial charge in [-0.2, -0.15) is 0 Å². The molecule has 4 heteroatoms. The van der Waals surface area contributed by atoms with E-state index in [1.807, 2.05) is 0 Å². The molecule has 15 heavy (non-hydrogen) atoms. The third-order valence-corrected chi connectivity index (χ3v) is 3.95. The molecule has 0 radical (unpaired) electrons. The highest BCUT2D eigenvalue weighted by Gasteiger charge is 2.14. The first-order chi connectivity index (χ1) is 7.34. The first-order valence-electron chi connectivity index (χ1n) is 5.84. The van der Waals surface area contributed by atoms with Gasteiger partial charge in [0.25, 0.3) is 0 Å². The number of nitrogens with zero attached hydrogens (tertiary/aromatic N) is 1. The molecule has 0 amide bonds. The predicted octanol–water partition coefficient (Wildman–Crippen LogP) is 2.92. The van der Waals surface area contributed by atoms with Gasteiger partial charge in [0.2, 0.25) is 0 Å². The second kappa shape index (κ2) is 8.36. The lowest BCUT2D eigenvalue weighted by Crippen LogP contribution is -2.23. The smallest absolute Gasteiger partial charge is 0.136 e. The van der Waals surface area contributed by atoms with Crippen LogP contribution in [0.15, 0.2) is 0 Å². The maximum absolute atomic E-state index is 5.49. The van der Waals surface area contributed by atoms with E-state index < -0.39 is 0 Å². The van der Waals surface area contributed by atoms with Gasteiger partial charge in [-0.25, -0.2) is 0 Å². The van der Waals surface area contributed by atoms with Crippen molar-refractivity contribution in [2.45, 2.75) is 32.6 Å². The van der Waals surface area contributed by atoms with Gasteiger partial charge < -0.3 is 9.64 Å². The normalized spacial score (nSPS) is 15.9. The Morgan fingerprint density at radius 3 is 2.73 bits per heavy atom. The van der Waals surface area contributed by atoms with Crippen LogP contribution in [0.2, 0.25) is 0 Å². The van der Waals surface area contributed by atoms with Crippen LogP contribution in [0.3, 0.4) is 0 Å². The molecule has 1 aliphatic heterocycles. The van der Waals surface area contributed by atoms with Crippen molar-refractivity contribution in [2.75, 3.05) is 32.1 Å². The molecule has 0 unspecified atom stereocenters. The summed E-state index contributed by atoms with van der Waals surface area (Å²) < 4.78 is 6.55. The zero-order chi connectivity index (χ0) is 10.9. The van der Waals surface area contributed by atoms with Gasteiger partial charge in [0.1, 0.15) is 4.32 Å². The molecule has 1 aliphatic rings. The molecule has 0 bridgehead atoms. The first-order valence-corrected chi connectivity index (χ1v) is 7.23. The summed E-state index contributed by atoms with van der Waals surface area (Å²) in [5.41, 5.74) is 0. The molecule has 2 nitrogen and oxygen atoms in total. The van der Waals surface area contributed by atoms with Crippen molar-refractivity contribution in [3.8, 4) is 0 Å². The zero-order valence-corrected chi connectivity index (χ0v) is 11.2. The van der Waals surface area contributed by atoms with Gasteiger partial charge in [0.05, 0.1) is 6.61 Å². The van der Waals surface area contributed by atoms with Crippen LogP contribution in [0.4, 0.5) is 0 Å². The van der Waals surface area contributed by atoms with E-state index in [0.717, 1.165) is 36.4 Å². The number of hydrogen-bond acceptors (Lipinski definition) is 3. The predicted molar refractivity (Wildman–Crippen MR) is 71.6 cm³/mol. The lowest BCUT2D eigenvalue weighted by Gasteiger charge is -2.17. The van der Waals surface area contributed by atoms with Crippen molar-refractivity contribution < 1.29 is 4.74 Å². The lowest BCUT2D eigenvalue weighted by molar-refractivity contribution is 0.147. The second-order valence-electron chi connectivity index (χ2n) is 3.77. The summed E-state index contributed by atoms with van der Waals surface area (Å²) in [7, 11) is 0. The largest absolute Gasteiger partial charge is 0.381 e. The summed E-state index contributed by atoms with van der Waals surface area (Å²) in [4.78, 5) is 2.31. The van der Waals surface area contributed by atoms with Crippen LogP contribution < -0.4 is 0 Å². The maximum atomic E-state index is 5.49. The summed E-state index contributed by atoms with van der Waals surface area (Å²) >= 11 is 7.11. The van der Waals surface area contributed by atoms with E-state index in [0.29, 0.717) is 0 Å². The van der Waals surface area contributed by atoms with Gasteiger partial charge in [-0.1, -0.05) is 37.3 Å². The molecule has 1 fully saturated rings. The molecule has 1 saturated heterocycles. The van der Waals surface area contributed by atoms with E-state index in [1.54, 1.807) is 11.8 Å². The van der Waals surface area contributed by atoms with Gasteiger partial charge in [-0.05, 0) is 19.3 Å². The first kappa shape index (κ1) is 13.3. The molecule has 0 N–H and O–H groups in total. The highest BCUT2D eigenvalue weighted by molar-refractivity contribution is 8.22. The standard InChI is InChI=1S/C11H21NOS2/c1-2-3-8-13-9-10-15-11(14)12-6-4-5-7-12/h2-10H2,1H3. The maximum Gasteiger partial charge on any atom is 0.136 e. The van der Waals surface area contributed by atoms with Crippen LogP contribution in [-0.4, -0.2) is 41.3 Å². The average molecular weight is 247 g/mol. The Balaban J connectivity index is 1.92. The van der Waals surface area contributed by atoms with E-state index in [2.05, 4.69) is 11.8 Å². The van der Waals surface area contributed by atoms with Crippen LogP contribution in [0.25, 0.3) is 0 Å². The topological polar surface area (TPSA) is 12.5 Å². The van der Waals surface area contributed by atoms with Crippen molar-refractivity contribution in [1.82, 2.24) is 4.90 Å². The van der Waals surface area contributed by atoms with Gasteiger partial charge in [0, 0.05) is 25.4 Å². The number of likely N-dealkylation sites (tertiary alicyclic amines) is 1. The van der Waals surface area contributed by atoms with Crippen molar-refractivity contribution in [3.63, 3.8) is 0 Å². The monoisotopic (exact) mass is 247 g/mol. The van der Waals surface area contributed by atoms with E-state index in [4.69, 9.17) is 17.0 Å². The molecule has 1 rings (SSSR count). The summed E-state index contributed by atoms with van der Waals surface area (Å²) in [5, 5.41) is 0. The number of rotatable bonds is 6. The fourth-order valence-electron chi connectivity index (χ4n) is 1.53. The molecule has 0 aromatic rings. The summed E-state index contributed by atoms with van der Waals surface area (Å²) in [6.07, 6.45) is 4.97. The highest BCUT2D eigenvalue weighted by atomic mass is 32.2. The van der Waals surface area contributed by atoms with Crippen LogP contribution in [-0.2, 0) is 4.74 Å². The third kappa shape index (κ3) is 5.73. The Labute approximate surface area is 103 Å². The Kier molecular flexibility index (Phi) is 7.40.